The zero-order valence-corrected chi connectivity index (χ0v) is 32.4. The van der Waals surface area contributed by atoms with Crippen molar-refractivity contribution in [1.29, 1.82) is 0 Å². The van der Waals surface area contributed by atoms with Crippen LogP contribution >= 0.6 is 0 Å². The summed E-state index contributed by atoms with van der Waals surface area (Å²) in [5.74, 6) is 0. The zero-order valence-electron chi connectivity index (χ0n) is 32.4. The average molecular weight is 759 g/mol. The van der Waals surface area contributed by atoms with E-state index in [1.54, 1.807) is 0 Å². The zero-order chi connectivity index (χ0) is 39.5. The van der Waals surface area contributed by atoms with Crippen molar-refractivity contribution < 1.29 is 0 Å². The SMILES string of the molecule is C=Cc1c(/C=C\C)n(-c2ccc(N(c3ccc(-n4c5ccccc5c5cnccc54)cc3)c3ccc(-n4c5ccccc5c5ncccc54)cc3)cc2)c2ccccc12. The molecule has 5 heterocycles. The van der Waals surface area contributed by atoms with Gasteiger partial charge >= 0.3 is 0 Å². The number of benzene rings is 6. The number of hydrogen-bond donors (Lipinski definition) is 0. The Balaban J connectivity index is 1.05. The topological polar surface area (TPSA) is 43.8 Å². The van der Waals surface area contributed by atoms with E-state index in [9.17, 15) is 0 Å². The maximum Gasteiger partial charge on any atom is 0.0963 e. The van der Waals surface area contributed by atoms with Crippen LogP contribution in [0.1, 0.15) is 18.2 Å². The molecule has 6 heteroatoms. The van der Waals surface area contributed by atoms with Crippen molar-refractivity contribution in [3.05, 3.63) is 206 Å². The van der Waals surface area contributed by atoms with Gasteiger partial charge in [0.2, 0.25) is 0 Å². The molecular weight excluding hydrogens is 721 g/mol. The molecule has 0 unspecified atom stereocenters. The van der Waals surface area contributed by atoms with Gasteiger partial charge < -0.3 is 18.6 Å². The predicted octanol–water partition coefficient (Wildman–Crippen LogP) is 13.8. The molecule has 0 aliphatic heterocycles. The first-order valence-corrected chi connectivity index (χ1v) is 19.9. The second-order valence-electron chi connectivity index (χ2n) is 14.7. The number of fused-ring (bicyclic) bond motifs is 7. The second kappa shape index (κ2) is 13.9. The monoisotopic (exact) mass is 758 g/mol. The van der Waals surface area contributed by atoms with Crippen LogP contribution in [0.3, 0.4) is 0 Å². The van der Waals surface area contributed by atoms with E-state index in [2.05, 4.69) is 207 Å². The number of anilines is 3. The molecule has 0 fully saturated rings. The Kier molecular flexibility index (Phi) is 8.08. The van der Waals surface area contributed by atoms with Crippen LogP contribution < -0.4 is 4.90 Å². The lowest BCUT2D eigenvalue weighted by Crippen LogP contribution is -2.10. The van der Waals surface area contributed by atoms with Crippen LogP contribution in [0.4, 0.5) is 17.1 Å². The van der Waals surface area contributed by atoms with E-state index in [-0.39, 0.29) is 0 Å². The smallest absolute Gasteiger partial charge is 0.0963 e. The molecular formula is C53H38N6. The van der Waals surface area contributed by atoms with Gasteiger partial charge in [0, 0.05) is 79.8 Å². The Labute approximate surface area is 341 Å². The summed E-state index contributed by atoms with van der Waals surface area (Å²) in [5, 5.41) is 4.65. The maximum atomic E-state index is 4.76. The van der Waals surface area contributed by atoms with Gasteiger partial charge in [-0.2, -0.15) is 0 Å². The van der Waals surface area contributed by atoms with Gasteiger partial charge in [-0.1, -0.05) is 73.3 Å². The van der Waals surface area contributed by atoms with E-state index in [1.165, 1.54) is 10.8 Å². The minimum absolute atomic E-state index is 1.00. The van der Waals surface area contributed by atoms with Crippen molar-refractivity contribution in [2.45, 2.75) is 6.92 Å². The molecule has 0 N–H and O–H groups in total. The van der Waals surface area contributed by atoms with E-state index in [4.69, 9.17) is 4.98 Å². The van der Waals surface area contributed by atoms with Gasteiger partial charge in [-0.25, -0.2) is 0 Å². The molecule has 5 aromatic heterocycles. The highest BCUT2D eigenvalue weighted by Gasteiger charge is 2.19. The van der Waals surface area contributed by atoms with Gasteiger partial charge in [-0.05, 0) is 122 Å². The Morgan fingerprint density at radius 2 is 0.966 bits per heavy atom. The number of pyridine rings is 2. The molecule has 0 bridgehead atoms. The molecule has 6 nitrogen and oxygen atoms in total. The number of para-hydroxylation sites is 3. The highest BCUT2D eigenvalue weighted by Crippen LogP contribution is 2.39. The summed E-state index contributed by atoms with van der Waals surface area (Å²) < 4.78 is 6.95. The number of allylic oxidation sites excluding steroid dienone is 1. The molecule has 0 radical (unpaired) electrons. The van der Waals surface area contributed by atoms with Gasteiger partial charge in [-0.15, -0.1) is 0 Å². The van der Waals surface area contributed by atoms with Crippen LogP contribution in [0.15, 0.2) is 195 Å². The maximum absolute atomic E-state index is 4.76. The molecule has 11 rings (SSSR count). The van der Waals surface area contributed by atoms with Crippen LogP contribution in [0.2, 0.25) is 0 Å². The number of aromatic nitrogens is 5. The Bertz CT molecular complexity index is 3130. The van der Waals surface area contributed by atoms with Crippen molar-refractivity contribution >= 4 is 83.9 Å². The Hall–Kier alpha value is -7.96. The lowest BCUT2D eigenvalue weighted by atomic mass is 10.1. The molecule has 0 saturated heterocycles. The van der Waals surface area contributed by atoms with E-state index < -0.39 is 0 Å². The molecule has 59 heavy (non-hydrogen) atoms. The summed E-state index contributed by atoms with van der Waals surface area (Å²) >= 11 is 0. The molecule has 0 aliphatic carbocycles. The van der Waals surface area contributed by atoms with Crippen molar-refractivity contribution in [3.63, 3.8) is 0 Å². The minimum Gasteiger partial charge on any atom is -0.310 e. The van der Waals surface area contributed by atoms with Crippen molar-refractivity contribution in [3.8, 4) is 17.1 Å². The first-order valence-electron chi connectivity index (χ1n) is 19.9. The minimum atomic E-state index is 1.00. The molecule has 0 amide bonds. The van der Waals surface area contributed by atoms with E-state index in [0.29, 0.717) is 0 Å². The lowest BCUT2D eigenvalue weighted by molar-refractivity contribution is 1.10. The standard InChI is InChI=1S/C53H38N6/c1-3-12-47-42(4-2)43-13-5-8-16-48(43)57(47)39-26-20-36(21-27-39)56(37-22-28-40(29-23-37)58-49-17-9-6-14-44(49)46-35-54-34-32-51(46)58)38-24-30-41(31-25-38)59-50-18-10-7-15-45(50)53-52(59)19-11-33-55-53/h3-35H,2H2,1H3/b12-3-. The van der Waals surface area contributed by atoms with E-state index in [0.717, 1.165) is 89.3 Å². The van der Waals surface area contributed by atoms with Crippen molar-refractivity contribution in [2.24, 2.45) is 0 Å². The van der Waals surface area contributed by atoms with Gasteiger partial charge in [-0.3, -0.25) is 9.97 Å². The molecule has 280 valence electrons. The molecule has 0 atom stereocenters. The van der Waals surface area contributed by atoms with Gasteiger partial charge in [0.1, 0.15) is 0 Å². The fourth-order valence-corrected chi connectivity index (χ4v) is 8.95. The Morgan fingerprint density at radius 3 is 1.58 bits per heavy atom. The van der Waals surface area contributed by atoms with Crippen LogP contribution in [-0.2, 0) is 0 Å². The van der Waals surface area contributed by atoms with E-state index >= 15 is 0 Å². The Morgan fingerprint density at radius 1 is 0.475 bits per heavy atom. The third-order valence-electron chi connectivity index (χ3n) is 11.5. The van der Waals surface area contributed by atoms with Gasteiger partial charge in [0.15, 0.2) is 0 Å². The highest BCUT2D eigenvalue weighted by atomic mass is 15.1. The number of hydrogen-bond acceptors (Lipinski definition) is 3. The van der Waals surface area contributed by atoms with E-state index in [1.807, 2.05) is 30.7 Å². The number of rotatable bonds is 8. The van der Waals surface area contributed by atoms with Crippen LogP contribution in [-0.4, -0.2) is 23.7 Å². The van der Waals surface area contributed by atoms with Crippen molar-refractivity contribution in [2.75, 3.05) is 4.90 Å². The fourth-order valence-electron chi connectivity index (χ4n) is 8.95. The molecule has 11 aromatic rings. The summed E-state index contributed by atoms with van der Waals surface area (Å²) in [6.07, 6.45) is 11.9. The fraction of sp³-hybridized carbons (Fsp3) is 0.0189. The summed E-state index contributed by atoms with van der Waals surface area (Å²) in [6, 6.07) is 58.4. The molecule has 6 aromatic carbocycles. The van der Waals surface area contributed by atoms with Crippen LogP contribution in [0.25, 0.3) is 83.9 Å². The third kappa shape index (κ3) is 5.41. The summed E-state index contributed by atoms with van der Waals surface area (Å²) in [4.78, 5) is 11.5. The molecule has 0 aliphatic rings. The third-order valence-corrected chi connectivity index (χ3v) is 11.5. The van der Waals surface area contributed by atoms with Crippen LogP contribution in [0, 0.1) is 0 Å². The van der Waals surface area contributed by atoms with Gasteiger partial charge in [0.05, 0.1) is 38.8 Å². The first-order chi connectivity index (χ1) is 29.2. The molecule has 0 saturated carbocycles. The number of nitrogens with zero attached hydrogens (tertiary/aromatic N) is 6. The predicted molar refractivity (Wildman–Crippen MR) is 247 cm³/mol. The first kappa shape index (κ1) is 34.3. The summed E-state index contributed by atoms with van der Waals surface area (Å²) in [5.41, 5.74) is 15.3. The van der Waals surface area contributed by atoms with Crippen LogP contribution in [0.5, 0.6) is 0 Å². The van der Waals surface area contributed by atoms with Gasteiger partial charge in [0.25, 0.3) is 0 Å². The quantitative estimate of drug-likeness (QED) is 0.155. The lowest BCUT2D eigenvalue weighted by Gasteiger charge is -2.26. The second-order valence-corrected chi connectivity index (χ2v) is 14.7. The normalized spacial score (nSPS) is 11.8. The molecule has 0 spiro atoms. The average Bonchev–Trinajstić information content (AvgIpc) is 3.93. The van der Waals surface area contributed by atoms with Crippen molar-refractivity contribution in [1.82, 2.24) is 23.7 Å². The largest absolute Gasteiger partial charge is 0.310 e. The highest BCUT2D eigenvalue weighted by molar-refractivity contribution is 6.09. The summed E-state index contributed by atoms with van der Waals surface area (Å²) in [7, 11) is 0. The summed E-state index contributed by atoms with van der Waals surface area (Å²) in [6.45, 7) is 6.24.